The summed E-state index contributed by atoms with van der Waals surface area (Å²) in [4.78, 5) is 12.2. The molecule has 0 aliphatic heterocycles. The minimum Gasteiger partial charge on any atom is -0.463 e. The molecule has 23 heavy (non-hydrogen) atoms. The van der Waals surface area contributed by atoms with Crippen LogP contribution in [-0.2, 0) is 12.8 Å². The first-order valence-electron chi connectivity index (χ1n) is 7.42. The molecule has 4 atom stereocenters. The van der Waals surface area contributed by atoms with Crippen LogP contribution in [0.25, 0.3) is 0 Å². The van der Waals surface area contributed by atoms with Crippen LogP contribution in [0.4, 0.5) is 0 Å². The second-order valence-electron chi connectivity index (χ2n) is 5.71. The zero-order valence-corrected chi connectivity index (χ0v) is 12.3. The molecular formula is C17H18O6. The van der Waals surface area contributed by atoms with E-state index in [1.165, 1.54) is 6.07 Å². The Labute approximate surface area is 132 Å². The van der Waals surface area contributed by atoms with Gasteiger partial charge >= 0.3 is 0 Å². The second kappa shape index (κ2) is 6.25. The molecule has 0 amide bonds. The molecule has 1 heterocycles. The van der Waals surface area contributed by atoms with Gasteiger partial charge in [0.05, 0.1) is 5.56 Å². The van der Waals surface area contributed by atoms with E-state index >= 15 is 0 Å². The van der Waals surface area contributed by atoms with Crippen molar-refractivity contribution in [3.63, 3.8) is 0 Å². The van der Waals surface area contributed by atoms with Crippen LogP contribution < -0.4 is 5.43 Å². The number of hydrogen-bond acceptors (Lipinski definition) is 6. The van der Waals surface area contributed by atoms with Gasteiger partial charge in [-0.1, -0.05) is 30.3 Å². The molecule has 6 nitrogen and oxygen atoms in total. The molecule has 0 radical (unpaired) electrons. The van der Waals surface area contributed by atoms with Crippen LogP contribution in [0.3, 0.4) is 0 Å². The van der Waals surface area contributed by atoms with Crippen LogP contribution >= 0.6 is 0 Å². The Morgan fingerprint density at radius 2 is 1.57 bits per heavy atom. The molecular weight excluding hydrogens is 300 g/mol. The molecule has 0 fully saturated rings. The van der Waals surface area contributed by atoms with Gasteiger partial charge in [-0.05, 0) is 12.0 Å². The zero-order valence-electron chi connectivity index (χ0n) is 12.3. The SMILES string of the molecule is O=c1cc(CCc2ccccc2)oc2c1C(O)[C@@H](O)C(O)[C@H]2O. The molecule has 0 saturated carbocycles. The van der Waals surface area contributed by atoms with Crippen molar-refractivity contribution in [1.29, 1.82) is 0 Å². The quantitative estimate of drug-likeness (QED) is 0.644. The molecule has 4 N–H and O–H groups in total. The molecule has 0 spiro atoms. The average molecular weight is 318 g/mol. The Kier molecular flexibility index (Phi) is 4.32. The van der Waals surface area contributed by atoms with Crippen molar-refractivity contribution >= 4 is 0 Å². The highest BCUT2D eigenvalue weighted by Gasteiger charge is 2.43. The summed E-state index contributed by atoms with van der Waals surface area (Å²) < 4.78 is 5.52. The largest absolute Gasteiger partial charge is 0.463 e. The van der Waals surface area contributed by atoms with E-state index < -0.39 is 29.8 Å². The van der Waals surface area contributed by atoms with Gasteiger partial charge in [-0.2, -0.15) is 0 Å². The number of fused-ring (bicyclic) bond motifs is 1. The van der Waals surface area contributed by atoms with Crippen LogP contribution in [0.2, 0.25) is 0 Å². The van der Waals surface area contributed by atoms with E-state index in [0.717, 1.165) is 5.56 Å². The van der Waals surface area contributed by atoms with Gasteiger partial charge in [0, 0.05) is 12.5 Å². The van der Waals surface area contributed by atoms with Gasteiger partial charge in [-0.3, -0.25) is 4.79 Å². The lowest BCUT2D eigenvalue weighted by Gasteiger charge is -2.32. The number of aliphatic hydroxyl groups is 4. The summed E-state index contributed by atoms with van der Waals surface area (Å²) in [5.74, 6) is 0.179. The highest BCUT2D eigenvalue weighted by molar-refractivity contribution is 5.29. The lowest BCUT2D eigenvalue weighted by molar-refractivity contribution is -0.128. The third-order valence-electron chi connectivity index (χ3n) is 4.13. The fourth-order valence-corrected chi connectivity index (χ4v) is 2.82. The van der Waals surface area contributed by atoms with Gasteiger partial charge < -0.3 is 24.8 Å². The predicted molar refractivity (Wildman–Crippen MR) is 80.8 cm³/mol. The van der Waals surface area contributed by atoms with Crippen molar-refractivity contribution in [1.82, 2.24) is 0 Å². The number of aryl methyl sites for hydroxylation is 2. The summed E-state index contributed by atoms with van der Waals surface area (Å²) in [6.07, 6.45) is -5.28. The molecule has 6 heteroatoms. The van der Waals surface area contributed by atoms with Crippen LogP contribution in [0, 0.1) is 0 Å². The topological polar surface area (TPSA) is 111 Å². The first-order chi connectivity index (χ1) is 11.0. The number of aliphatic hydroxyl groups excluding tert-OH is 4. The van der Waals surface area contributed by atoms with Crippen molar-refractivity contribution in [2.75, 3.05) is 0 Å². The summed E-state index contributed by atoms with van der Waals surface area (Å²) in [7, 11) is 0. The second-order valence-corrected chi connectivity index (χ2v) is 5.71. The van der Waals surface area contributed by atoms with E-state index in [0.29, 0.717) is 18.6 Å². The van der Waals surface area contributed by atoms with E-state index in [2.05, 4.69) is 0 Å². The van der Waals surface area contributed by atoms with Crippen LogP contribution in [-0.4, -0.2) is 32.6 Å². The Morgan fingerprint density at radius 1 is 0.913 bits per heavy atom. The summed E-state index contributed by atoms with van der Waals surface area (Å²) in [6.45, 7) is 0. The Balaban J connectivity index is 1.91. The van der Waals surface area contributed by atoms with Gasteiger partial charge in [0.2, 0.25) is 0 Å². The lowest BCUT2D eigenvalue weighted by atomic mass is 9.87. The number of benzene rings is 1. The molecule has 3 rings (SSSR count). The minimum atomic E-state index is -1.63. The predicted octanol–water partition coefficient (Wildman–Crippen LogP) is 0.227. The first kappa shape index (κ1) is 15.9. The molecule has 1 aliphatic rings. The maximum absolute atomic E-state index is 12.2. The summed E-state index contributed by atoms with van der Waals surface area (Å²) in [6, 6.07) is 10.9. The molecule has 0 bridgehead atoms. The fraction of sp³-hybridized carbons (Fsp3) is 0.353. The summed E-state index contributed by atoms with van der Waals surface area (Å²) >= 11 is 0. The van der Waals surface area contributed by atoms with E-state index in [4.69, 9.17) is 4.42 Å². The van der Waals surface area contributed by atoms with Crippen molar-refractivity contribution in [3.8, 4) is 0 Å². The highest BCUT2D eigenvalue weighted by atomic mass is 16.4. The van der Waals surface area contributed by atoms with Crippen molar-refractivity contribution in [3.05, 3.63) is 69.3 Å². The molecule has 2 aromatic rings. The molecule has 1 aromatic carbocycles. The van der Waals surface area contributed by atoms with E-state index in [1.54, 1.807) is 0 Å². The zero-order chi connectivity index (χ0) is 16.6. The summed E-state index contributed by atoms with van der Waals surface area (Å²) in [5.41, 5.74) is 0.356. The Hall–Kier alpha value is -1.99. The number of rotatable bonds is 3. The van der Waals surface area contributed by atoms with Crippen LogP contribution in [0.1, 0.15) is 34.9 Å². The van der Waals surface area contributed by atoms with Crippen LogP contribution in [0.5, 0.6) is 0 Å². The van der Waals surface area contributed by atoms with E-state index in [9.17, 15) is 25.2 Å². The maximum Gasteiger partial charge on any atom is 0.191 e. The van der Waals surface area contributed by atoms with Gasteiger partial charge in [0.25, 0.3) is 0 Å². The minimum absolute atomic E-state index is 0.175. The van der Waals surface area contributed by atoms with Gasteiger partial charge in [-0.15, -0.1) is 0 Å². The molecule has 2 unspecified atom stereocenters. The highest BCUT2D eigenvalue weighted by Crippen LogP contribution is 2.35. The van der Waals surface area contributed by atoms with Crippen molar-refractivity contribution < 1.29 is 24.8 Å². The van der Waals surface area contributed by atoms with Crippen molar-refractivity contribution in [2.45, 2.75) is 37.3 Å². The third-order valence-corrected chi connectivity index (χ3v) is 4.13. The monoisotopic (exact) mass is 318 g/mol. The Bertz CT molecular complexity index is 738. The molecule has 122 valence electrons. The van der Waals surface area contributed by atoms with Gasteiger partial charge in [0.1, 0.15) is 35.9 Å². The number of hydrogen-bond donors (Lipinski definition) is 4. The Morgan fingerprint density at radius 3 is 2.26 bits per heavy atom. The van der Waals surface area contributed by atoms with E-state index in [-0.39, 0.29) is 11.3 Å². The smallest absolute Gasteiger partial charge is 0.191 e. The molecule has 1 aromatic heterocycles. The molecule has 0 saturated heterocycles. The van der Waals surface area contributed by atoms with E-state index in [1.807, 2.05) is 30.3 Å². The fourth-order valence-electron chi connectivity index (χ4n) is 2.82. The maximum atomic E-state index is 12.2. The van der Waals surface area contributed by atoms with Gasteiger partial charge in [0.15, 0.2) is 5.43 Å². The average Bonchev–Trinajstić information content (AvgIpc) is 2.56. The summed E-state index contributed by atoms with van der Waals surface area (Å²) in [5, 5.41) is 39.3. The third kappa shape index (κ3) is 2.94. The molecule has 1 aliphatic carbocycles. The normalized spacial score (nSPS) is 26.8. The van der Waals surface area contributed by atoms with Crippen molar-refractivity contribution in [2.24, 2.45) is 0 Å². The van der Waals surface area contributed by atoms with Gasteiger partial charge in [-0.25, -0.2) is 0 Å². The lowest BCUT2D eigenvalue weighted by Crippen LogP contribution is -2.44. The first-order valence-corrected chi connectivity index (χ1v) is 7.42. The standard InChI is InChI=1S/C17H18O6/c18-11-8-10(7-6-9-4-2-1-3-5-9)23-17-12(11)13(19)14(20)15(21)16(17)22/h1-5,8,13-16,19-22H,6-7H2/t13?,14-,15?,16-/m1/s1. The van der Waals surface area contributed by atoms with Crippen LogP contribution in [0.15, 0.2) is 45.6 Å².